The fourth-order valence-corrected chi connectivity index (χ4v) is 4.75. The van der Waals surface area contributed by atoms with Crippen LogP contribution in [0.4, 0.5) is 0 Å². The molecule has 4 rings (SSSR count). The van der Waals surface area contributed by atoms with E-state index < -0.39 is 24.7 Å². The van der Waals surface area contributed by atoms with Gasteiger partial charge in [0, 0.05) is 19.2 Å². The zero-order chi connectivity index (χ0) is 27.7. The molecule has 39 heavy (non-hydrogen) atoms. The van der Waals surface area contributed by atoms with Crippen molar-refractivity contribution in [3.8, 4) is 0 Å². The van der Waals surface area contributed by atoms with Crippen molar-refractivity contribution in [1.82, 2.24) is 4.90 Å². The van der Waals surface area contributed by atoms with Crippen molar-refractivity contribution in [3.63, 3.8) is 0 Å². The summed E-state index contributed by atoms with van der Waals surface area (Å²) in [4.78, 5) is 27.6. The first-order valence-electron chi connectivity index (χ1n) is 12.8. The van der Waals surface area contributed by atoms with E-state index in [0.29, 0.717) is 37.2 Å². The fraction of sp³-hybridized carbons (Fsp3) is 0.333. The molecule has 0 aliphatic carbocycles. The van der Waals surface area contributed by atoms with Gasteiger partial charge in [-0.2, -0.15) is 0 Å². The smallest absolute Gasteiger partial charge is 0.340 e. The number of aryl methyl sites for hydroxylation is 1. The lowest BCUT2D eigenvalue weighted by Crippen LogP contribution is -2.45. The lowest BCUT2D eigenvalue weighted by atomic mass is 9.90. The zero-order valence-corrected chi connectivity index (χ0v) is 22.7. The molecule has 1 aliphatic rings. The number of nitrogens with zero attached hydrogens (tertiary/aromatic N) is 1. The molecular formula is C30H33NO7S. The number of amides is 1. The Balaban J connectivity index is 1.46. The van der Waals surface area contributed by atoms with Crippen LogP contribution in [-0.2, 0) is 36.1 Å². The van der Waals surface area contributed by atoms with E-state index in [2.05, 4.69) is 12.6 Å². The van der Waals surface area contributed by atoms with Gasteiger partial charge in [-0.1, -0.05) is 72.8 Å². The van der Waals surface area contributed by atoms with Gasteiger partial charge >= 0.3 is 11.9 Å². The van der Waals surface area contributed by atoms with Crippen molar-refractivity contribution in [2.75, 3.05) is 33.6 Å². The molecule has 0 bridgehead atoms. The Morgan fingerprint density at radius 1 is 1.05 bits per heavy atom. The van der Waals surface area contributed by atoms with E-state index in [-0.39, 0.29) is 11.3 Å². The van der Waals surface area contributed by atoms with Crippen molar-refractivity contribution < 1.29 is 33.6 Å². The average Bonchev–Trinajstić information content (AvgIpc) is 2.98. The van der Waals surface area contributed by atoms with Gasteiger partial charge in [-0.3, -0.25) is 9.53 Å². The number of aliphatic hydroxyl groups is 1. The van der Waals surface area contributed by atoms with Crippen LogP contribution in [0.2, 0.25) is 0 Å². The minimum Gasteiger partial charge on any atom is -0.435 e. The molecule has 206 valence electrons. The summed E-state index contributed by atoms with van der Waals surface area (Å²) in [5, 5.41) is 11.0. The number of benzene rings is 3. The maximum Gasteiger partial charge on any atom is 0.340 e. The third kappa shape index (κ3) is 7.68. The first-order chi connectivity index (χ1) is 18.9. The predicted molar refractivity (Wildman–Crippen MR) is 148 cm³/mol. The molecule has 8 nitrogen and oxygen atoms in total. The number of methoxy groups -OCH3 is 1. The van der Waals surface area contributed by atoms with Crippen LogP contribution in [0.25, 0.3) is 0 Å². The highest BCUT2D eigenvalue weighted by atomic mass is 32.1. The third-order valence-corrected chi connectivity index (χ3v) is 6.94. The van der Waals surface area contributed by atoms with Crippen molar-refractivity contribution in [1.29, 1.82) is 0 Å². The molecule has 9 heteroatoms. The topological polar surface area (TPSA) is 94.5 Å². The fourth-order valence-electron chi connectivity index (χ4n) is 4.45. The number of esters is 1. The molecule has 3 aromatic rings. The average molecular weight is 552 g/mol. The van der Waals surface area contributed by atoms with Gasteiger partial charge in [0.05, 0.1) is 24.6 Å². The summed E-state index contributed by atoms with van der Waals surface area (Å²) in [5.41, 5.74) is 2.29. The Morgan fingerprint density at radius 3 is 2.36 bits per heavy atom. The number of morpholine rings is 1. The molecule has 1 fully saturated rings. The van der Waals surface area contributed by atoms with Gasteiger partial charge in [0.1, 0.15) is 5.44 Å². The maximum absolute atomic E-state index is 13.6. The quantitative estimate of drug-likeness (QED) is 0.211. The van der Waals surface area contributed by atoms with E-state index in [0.717, 1.165) is 17.5 Å². The number of hydrogen-bond donors (Lipinski definition) is 2. The molecule has 1 N–H and O–H groups in total. The van der Waals surface area contributed by atoms with Gasteiger partial charge in [0.15, 0.2) is 6.79 Å². The van der Waals surface area contributed by atoms with Gasteiger partial charge < -0.3 is 24.2 Å². The molecule has 3 unspecified atom stereocenters. The number of rotatable bonds is 11. The highest BCUT2D eigenvalue weighted by molar-refractivity contribution is 7.80. The largest absolute Gasteiger partial charge is 0.435 e. The molecule has 0 saturated carbocycles. The van der Waals surface area contributed by atoms with Gasteiger partial charge in [-0.15, -0.1) is 12.6 Å². The summed E-state index contributed by atoms with van der Waals surface area (Å²) in [5.74, 6) is -3.13. The van der Waals surface area contributed by atoms with Crippen LogP contribution in [-0.4, -0.2) is 60.9 Å². The van der Waals surface area contributed by atoms with Gasteiger partial charge in [-0.25, -0.2) is 4.79 Å². The Morgan fingerprint density at radius 2 is 1.72 bits per heavy atom. The van der Waals surface area contributed by atoms with Crippen molar-refractivity contribution >= 4 is 24.5 Å². The number of carbonyl (C=O) groups is 2. The molecule has 3 aromatic carbocycles. The maximum atomic E-state index is 13.6. The molecular weight excluding hydrogens is 518 g/mol. The van der Waals surface area contributed by atoms with Crippen molar-refractivity contribution in [2.45, 2.75) is 30.2 Å². The first kappa shape index (κ1) is 28.8. The van der Waals surface area contributed by atoms with Crippen molar-refractivity contribution in [2.24, 2.45) is 0 Å². The van der Waals surface area contributed by atoms with E-state index in [1.165, 1.54) is 7.11 Å². The van der Waals surface area contributed by atoms with Crippen LogP contribution in [0.3, 0.4) is 0 Å². The first-order valence-corrected chi connectivity index (χ1v) is 13.3. The highest BCUT2D eigenvalue weighted by Gasteiger charge is 2.33. The van der Waals surface area contributed by atoms with Gasteiger partial charge in [0.2, 0.25) is 5.91 Å². The molecule has 1 heterocycles. The Kier molecular flexibility index (Phi) is 10.1. The van der Waals surface area contributed by atoms with Gasteiger partial charge in [-0.05, 0) is 36.1 Å². The molecule has 0 spiro atoms. The van der Waals surface area contributed by atoms with Crippen LogP contribution in [0.5, 0.6) is 0 Å². The van der Waals surface area contributed by atoms with Crippen LogP contribution in [0.1, 0.15) is 39.4 Å². The predicted octanol–water partition coefficient (Wildman–Crippen LogP) is 4.10. The lowest BCUT2D eigenvalue weighted by molar-refractivity contribution is -0.378. The monoisotopic (exact) mass is 551 g/mol. The third-order valence-electron chi connectivity index (χ3n) is 6.63. The zero-order valence-electron chi connectivity index (χ0n) is 21.8. The summed E-state index contributed by atoms with van der Waals surface area (Å²) in [7, 11) is 1.28. The minimum atomic E-state index is -2.15. The lowest BCUT2D eigenvalue weighted by Gasteiger charge is -2.33. The van der Waals surface area contributed by atoms with Gasteiger partial charge in [0.25, 0.3) is 0 Å². The SMILES string of the molecule is COC(O)(OCOC(=O)c1ccccc1)c1ccc(C(CCc2ccccc2)C(=O)N2CCOC(S)C2)cc1. The van der Waals surface area contributed by atoms with Crippen LogP contribution >= 0.6 is 12.6 Å². The number of hydrogen-bond acceptors (Lipinski definition) is 8. The summed E-state index contributed by atoms with van der Waals surface area (Å²) in [6.45, 7) is 0.840. The van der Waals surface area contributed by atoms with E-state index in [1.807, 2.05) is 30.3 Å². The number of carbonyl (C=O) groups excluding carboxylic acids is 2. The van der Waals surface area contributed by atoms with E-state index >= 15 is 0 Å². The molecule has 3 atom stereocenters. The molecule has 0 radical (unpaired) electrons. The molecule has 0 aromatic heterocycles. The Hall–Kier alpha value is -3.21. The van der Waals surface area contributed by atoms with E-state index in [4.69, 9.17) is 18.9 Å². The number of thiol groups is 1. The normalized spacial score (nSPS) is 17.7. The van der Waals surface area contributed by atoms with Crippen LogP contribution < -0.4 is 0 Å². The summed E-state index contributed by atoms with van der Waals surface area (Å²) >= 11 is 4.39. The standard InChI is InChI=1S/C30H33NO7S/c1-35-30(34,38-21-37-29(33)24-10-6-3-7-11-24)25-15-13-23(14-16-25)26(17-12-22-8-4-2-5-9-22)28(32)31-18-19-36-27(39)20-31/h2-11,13-16,26-27,34,39H,12,17-21H2,1H3. The summed E-state index contributed by atoms with van der Waals surface area (Å²) in [6, 6.07) is 25.3. The van der Waals surface area contributed by atoms with Crippen molar-refractivity contribution in [3.05, 3.63) is 107 Å². The van der Waals surface area contributed by atoms with Crippen LogP contribution in [0.15, 0.2) is 84.9 Å². The summed E-state index contributed by atoms with van der Waals surface area (Å²) in [6.07, 6.45) is 1.34. The van der Waals surface area contributed by atoms with E-state index in [1.54, 1.807) is 59.5 Å². The molecule has 1 amide bonds. The molecule has 1 aliphatic heterocycles. The van der Waals surface area contributed by atoms with E-state index in [9.17, 15) is 14.7 Å². The number of ether oxygens (including phenoxy) is 4. The summed E-state index contributed by atoms with van der Waals surface area (Å²) < 4.78 is 21.2. The van der Waals surface area contributed by atoms with Crippen LogP contribution in [0, 0.1) is 0 Å². The second kappa shape index (κ2) is 13.7. The minimum absolute atomic E-state index is 0.00658. The Labute approximate surface area is 233 Å². The molecule has 1 saturated heterocycles. The Bertz CT molecular complexity index is 1210. The second-order valence-electron chi connectivity index (χ2n) is 9.15. The second-order valence-corrected chi connectivity index (χ2v) is 9.73. The highest BCUT2D eigenvalue weighted by Crippen LogP contribution is 2.30.